The SMILES string of the molecule is CC[C@@H]1CSC(C(C)(C)C2=NCCS2)=N1. The first-order valence-electron chi connectivity index (χ1n) is 5.53. The number of hydrogen-bond donors (Lipinski definition) is 0. The van der Waals surface area contributed by atoms with Crippen molar-refractivity contribution in [3.05, 3.63) is 0 Å². The van der Waals surface area contributed by atoms with E-state index in [-0.39, 0.29) is 5.41 Å². The molecule has 2 aliphatic heterocycles. The van der Waals surface area contributed by atoms with E-state index in [0.29, 0.717) is 6.04 Å². The molecule has 2 nitrogen and oxygen atoms in total. The van der Waals surface area contributed by atoms with E-state index in [9.17, 15) is 0 Å². The van der Waals surface area contributed by atoms with Gasteiger partial charge in [-0.15, -0.1) is 23.5 Å². The molecule has 0 aromatic heterocycles. The Morgan fingerprint density at radius 1 is 1.33 bits per heavy atom. The number of hydrogen-bond acceptors (Lipinski definition) is 4. The first-order chi connectivity index (χ1) is 7.14. The standard InChI is InChI=1S/C11H18N2S2/c1-4-8-7-15-10(13-8)11(2,3)9-12-5-6-14-9/h8H,4-7H2,1-3H3/t8-/m1/s1. The van der Waals surface area contributed by atoms with Gasteiger partial charge in [0.2, 0.25) is 0 Å². The van der Waals surface area contributed by atoms with Crippen LogP contribution in [0.4, 0.5) is 0 Å². The molecule has 4 heteroatoms. The van der Waals surface area contributed by atoms with Gasteiger partial charge in [0, 0.05) is 18.1 Å². The second-order valence-electron chi connectivity index (χ2n) is 4.47. The minimum absolute atomic E-state index is 0.0652. The third-order valence-corrected chi connectivity index (χ3v) is 5.58. The third kappa shape index (κ3) is 2.26. The van der Waals surface area contributed by atoms with Crippen LogP contribution in [0.15, 0.2) is 9.98 Å². The van der Waals surface area contributed by atoms with Crippen molar-refractivity contribution in [1.82, 2.24) is 0 Å². The van der Waals surface area contributed by atoms with E-state index in [0.717, 1.165) is 24.5 Å². The summed E-state index contributed by atoms with van der Waals surface area (Å²) in [4.78, 5) is 9.40. The minimum Gasteiger partial charge on any atom is -0.281 e. The molecule has 0 aliphatic carbocycles. The van der Waals surface area contributed by atoms with Crippen molar-refractivity contribution < 1.29 is 0 Å². The van der Waals surface area contributed by atoms with Gasteiger partial charge in [-0.05, 0) is 20.3 Å². The second kappa shape index (κ2) is 4.50. The molecule has 15 heavy (non-hydrogen) atoms. The number of rotatable bonds is 3. The zero-order valence-corrected chi connectivity index (χ0v) is 11.2. The zero-order valence-electron chi connectivity index (χ0n) is 9.62. The van der Waals surface area contributed by atoms with Crippen LogP contribution in [0.25, 0.3) is 0 Å². The van der Waals surface area contributed by atoms with Gasteiger partial charge in [0.15, 0.2) is 0 Å². The highest BCUT2D eigenvalue weighted by Gasteiger charge is 2.36. The summed E-state index contributed by atoms with van der Waals surface area (Å²) in [7, 11) is 0. The van der Waals surface area contributed by atoms with E-state index in [4.69, 9.17) is 4.99 Å². The molecule has 0 fully saturated rings. The summed E-state index contributed by atoms with van der Waals surface area (Å²) in [5.41, 5.74) is 0.0652. The fourth-order valence-electron chi connectivity index (χ4n) is 1.77. The van der Waals surface area contributed by atoms with Crippen molar-refractivity contribution in [2.45, 2.75) is 33.2 Å². The highest BCUT2D eigenvalue weighted by molar-refractivity contribution is 8.16. The van der Waals surface area contributed by atoms with Crippen LogP contribution in [0, 0.1) is 5.41 Å². The van der Waals surface area contributed by atoms with Gasteiger partial charge in [-0.3, -0.25) is 9.98 Å². The van der Waals surface area contributed by atoms with Crippen molar-refractivity contribution in [3.63, 3.8) is 0 Å². The van der Waals surface area contributed by atoms with Gasteiger partial charge in [-0.2, -0.15) is 0 Å². The Labute approximate surface area is 100 Å². The van der Waals surface area contributed by atoms with Gasteiger partial charge in [0.05, 0.1) is 21.5 Å². The molecule has 0 amide bonds. The number of nitrogens with zero attached hydrogens (tertiary/aromatic N) is 2. The van der Waals surface area contributed by atoms with Crippen molar-refractivity contribution in [3.8, 4) is 0 Å². The summed E-state index contributed by atoms with van der Waals surface area (Å²) in [6, 6.07) is 0.538. The topological polar surface area (TPSA) is 24.7 Å². The Hall–Kier alpha value is 0.0400. The summed E-state index contributed by atoms with van der Waals surface area (Å²) in [6.45, 7) is 7.72. The predicted molar refractivity (Wildman–Crippen MR) is 72.5 cm³/mol. The van der Waals surface area contributed by atoms with Crippen LogP contribution in [-0.2, 0) is 0 Å². The summed E-state index contributed by atoms with van der Waals surface area (Å²) in [5.74, 6) is 2.31. The van der Waals surface area contributed by atoms with Gasteiger partial charge in [-0.25, -0.2) is 0 Å². The molecule has 2 rings (SSSR count). The number of thioether (sulfide) groups is 2. The fourth-order valence-corrected chi connectivity index (χ4v) is 4.19. The van der Waals surface area contributed by atoms with E-state index in [1.807, 2.05) is 23.5 Å². The molecule has 0 radical (unpaired) electrons. The molecule has 0 aromatic carbocycles. The quantitative estimate of drug-likeness (QED) is 0.759. The monoisotopic (exact) mass is 242 g/mol. The maximum absolute atomic E-state index is 4.81. The maximum atomic E-state index is 4.81. The molecule has 1 atom stereocenters. The molecular weight excluding hydrogens is 224 g/mol. The van der Waals surface area contributed by atoms with Crippen molar-refractivity contribution >= 4 is 33.6 Å². The molecule has 0 saturated carbocycles. The Kier molecular flexibility index (Phi) is 3.45. The van der Waals surface area contributed by atoms with Crippen LogP contribution in [0.2, 0.25) is 0 Å². The average Bonchev–Trinajstić information content (AvgIpc) is 2.89. The highest BCUT2D eigenvalue weighted by Crippen LogP contribution is 2.38. The van der Waals surface area contributed by atoms with Crippen LogP contribution < -0.4 is 0 Å². The molecule has 2 heterocycles. The second-order valence-corrected chi connectivity index (χ2v) is 6.56. The average molecular weight is 242 g/mol. The molecule has 0 unspecified atom stereocenters. The maximum Gasteiger partial charge on any atom is 0.0801 e. The predicted octanol–water partition coefficient (Wildman–Crippen LogP) is 3.08. The molecule has 0 spiro atoms. The largest absolute Gasteiger partial charge is 0.281 e. The summed E-state index contributed by atoms with van der Waals surface area (Å²) in [6.07, 6.45) is 1.16. The van der Waals surface area contributed by atoms with Gasteiger partial charge in [-0.1, -0.05) is 6.92 Å². The first kappa shape index (κ1) is 11.5. The summed E-state index contributed by atoms with van der Waals surface area (Å²) in [5, 5.41) is 2.58. The van der Waals surface area contributed by atoms with Gasteiger partial charge in [0.1, 0.15) is 0 Å². The van der Waals surface area contributed by atoms with Crippen LogP contribution in [0.3, 0.4) is 0 Å². The van der Waals surface area contributed by atoms with Crippen LogP contribution in [0.5, 0.6) is 0 Å². The summed E-state index contributed by atoms with van der Waals surface area (Å²) >= 11 is 3.83. The lowest BCUT2D eigenvalue weighted by atomic mass is 9.96. The Morgan fingerprint density at radius 3 is 2.67 bits per heavy atom. The normalized spacial score (nSPS) is 26.7. The number of aliphatic imine (C=N–C) groups is 2. The van der Waals surface area contributed by atoms with E-state index in [1.54, 1.807) is 0 Å². The Balaban J connectivity index is 2.15. The van der Waals surface area contributed by atoms with Crippen molar-refractivity contribution in [2.24, 2.45) is 15.4 Å². The molecule has 84 valence electrons. The summed E-state index contributed by atoms with van der Waals surface area (Å²) < 4.78 is 0. The lowest BCUT2D eigenvalue weighted by Gasteiger charge is -2.23. The Bertz CT molecular complexity index is 308. The van der Waals surface area contributed by atoms with Crippen molar-refractivity contribution in [1.29, 1.82) is 0 Å². The van der Waals surface area contributed by atoms with Crippen molar-refractivity contribution in [2.75, 3.05) is 18.1 Å². The molecule has 2 aliphatic rings. The van der Waals surface area contributed by atoms with Crippen LogP contribution >= 0.6 is 23.5 Å². The lowest BCUT2D eigenvalue weighted by molar-refractivity contribution is 0.706. The zero-order chi connectivity index (χ0) is 10.9. The third-order valence-electron chi connectivity index (χ3n) is 2.84. The minimum atomic E-state index is 0.0652. The van der Waals surface area contributed by atoms with Crippen LogP contribution in [-0.4, -0.2) is 34.2 Å². The van der Waals surface area contributed by atoms with E-state index in [1.165, 1.54) is 10.1 Å². The molecule has 0 N–H and O–H groups in total. The first-order valence-corrected chi connectivity index (χ1v) is 7.50. The van der Waals surface area contributed by atoms with Gasteiger partial charge >= 0.3 is 0 Å². The smallest absolute Gasteiger partial charge is 0.0801 e. The fraction of sp³-hybridized carbons (Fsp3) is 0.818. The van der Waals surface area contributed by atoms with Crippen LogP contribution in [0.1, 0.15) is 27.2 Å². The molecule has 0 bridgehead atoms. The van der Waals surface area contributed by atoms with Gasteiger partial charge < -0.3 is 0 Å². The van der Waals surface area contributed by atoms with Gasteiger partial charge in [0.25, 0.3) is 0 Å². The van der Waals surface area contributed by atoms with E-state index in [2.05, 4.69) is 25.8 Å². The molecule has 0 saturated heterocycles. The van der Waals surface area contributed by atoms with E-state index >= 15 is 0 Å². The highest BCUT2D eigenvalue weighted by atomic mass is 32.2. The Morgan fingerprint density at radius 2 is 2.13 bits per heavy atom. The van der Waals surface area contributed by atoms with E-state index < -0.39 is 0 Å². The molecular formula is C11H18N2S2. The lowest BCUT2D eigenvalue weighted by Crippen LogP contribution is -2.28. The molecule has 0 aromatic rings.